The maximum atomic E-state index is 12.8. The summed E-state index contributed by atoms with van der Waals surface area (Å²) in [5, 5.41) is 50.1. The van der Waals surface area contributed by atoms with Crippen LogP contribution in [0.15, 0.2) is 60.8 Å². The van der Waals surface area contributed by atoms with Crippen molar-refractivity contribution < 1.29 is 63.1 Å². The molecule has 1 aliphatic rings. The maximum Gasteiger partial charge on any atom is 0.472 e. The molecular formula is C46H79O13P. The number of ether oxygens (including phenoxy) is 2. The quantitative estimate of drug-likeness (QED) is 0.0151. The summed E-state index contributed by atoms with van der Waals surface area (Å²) < 4.78 is 33.4. The number of rotatable bonds is 36. The molecule has 0 aromatic heterocycles. The van der Waals surface area contributed by atoms with Gasteiger partial charge in [0, 0.05) is 12.8 Å². The zero-order valence-electron chi connectivity index (χ0n) is 36.5. The number of aliphatic hydroxyl groups excluding tert-OH is 5. The van der Waals surface area contributed by atoms with Crippen molar-refractivity contribution in [3.8, 4) is 0 Å². The predicted molar refractivity (Wildman–Crippen MR) is 235 cm³/mol. The smallest absolute Gasteiger partial charge is 0.462 e. The average molecular weight is 871 g/mol. The molecule has 60 heavy (non-hydrogen) atoms. The zero-order chi connectivity index (χ0) is 44.3. The highest BCUT2D eigenvalue weighted by molar-refractivity contribution is 7.47. The minimum absolute atomic E-state index is 0.0753. The van der Waals surface area contributed by atoms with Gasteiger partial charge in [0.2, 0.25) is 0 Å². The van der Waals surface area contributed by atoms with Crippen LogP contribution in [0.4, 0.5) is 0 Å². The van der Waals surface area contributed by atoms with E-state index in [-0.39, 0.29) is 12.8 Å². The summed E-state index contributed by atoms with van der Waals surface area (Å²) in [6.07, 6.45) is 29.9. The molecule has 0 aromatic carbocycles. The van der Waals surface area contributed by atoms with Crippen molar-refractivity contribution in [2.75, 3.05) is 13.2 Å². The van der Waals surface area contributed by atoms with Gasteiger partial charge in [-0.1, -0.05) is 132 Å². The molecule has 0 amide bonds. The molecule has 346 valence electrons. The van der Waals surface area contributed by atoms with Crippen molar-refractivity contribution in [1.29, 1.82) is 0 Å². The molecule has 1 fully saturated rings. The number of hydrogen-bond acceptors (Lipinski definition) is 12. The second-order valence-electron chi connectivity index (χ2n) is 15.5. The summed E-state index contributed by atoms with van der Waals surface area (Å²) in [6, 6.07) is 0. The Morgan fingerprint density at radius 3 is 1.50 bits per heavy atom. The van der Waals surface area contributed by atoms with Crippen LogP contribution in [0.3, 0.4) is 0 Å². The van der Waals surface area contributed by atoms with E-state index >= 15 is 0 Å². The highest BCUT2D eigenvalue weighted by Gasteiger charge is 2.51. The first-order valence-corrected chi connectivity index (χ1v) is 24.1. The molecule has 14 heteroatoms. The molecule has 0 heterocycles. The van der Waals surface area contributed by atoms with E-state index < -0.39 is 75.7 Å². The third kappa shape index (κ3) is 28.2. The highest BCUT2D eigenvalue weighted by Crippen LogP contribution is 2.47. The molecule has 0 bridgehead atoms. The third-order valence-corrected chi connectivity index (χ3v) is 11.1. The van der Waals surface area contributed by atoms with Crippen LogP contribution in [0.25, 0.3) is 0 Å². The Hall–Kier alpha value is -2.45. The van der Waals surface area contributed by atoms with Crippen LogP contribution in [0.2, 0.25) is 0 Å². The number of carbonyl (C=O) groups excluding carboxylic acids is 2. The number of unbranched alkanes of at least 4 members (excludes halogenated alkanes) is 14. The van der Waals surface area contributed by atoms with E-state index in [2.05, 4.69) is 74.6 Å². The number of phosphoric ester groups is 1. The minimum atomic E-state index is -5.13. The largest absolute Gasteiger partial charge is 0.472 e. The van der Waals surface area contributed by atoms with Crippen molar-refractivity contribution in [3.63, 3.8) is 0 Å². The number of esters is 2. The topological polar surface area (TPSA) is 210 Å². The summed E-state index contributed by atoms with van der Waals surface area (Å²) in [7, 11) is -5.13. The van der Waals surface area contributed by atoms with Gasteiger partial charge in [-0.15, -0.1) is 0 Å². The van der Waals surface area contributed by atoms with Crippen LogP contribution >= 0.6 is 7.82 Å². The van der Waals surface area contributed by atoms with Crippen LogP contribution in [0, 0.1) is 0 Å². The first-order chi connectivity index (χ1) is 28.9. The number of hydrogen-bond donors (Lipinski definition) is 6. The first kappa shape index (κ1) is 55.6. The Balaban J connectivity index is 2.51. The summed E-state index contributed by atoms with van der Waals surface area (Å²) in [4.78, 5) is 35.6. The van der Waals surface area contributed by atoms with Crippen LogP contribution in [0.1, 0.15) is 162 Å². The normalized spacial score (nSPS) is 22.7. The lowest BCUT2D eigenvalue weighted by Crippen LogP contribution is -2.64. The van der Waals surface area contributed by atoms with E-state index in [0.29, 0.717) is 12.8 Å². The molecule has 0 aliphatic heterocycles. The molecular weight excluding hydrogens is 791 g/mol. The van der Waals surface area contributed by atoms with E-state index in [4.69, 9.17) is 18.5 Å². The molecule has 6 unspecified atom stereocenters. The third-order valence-electron chi connectivity index (χ3n) is 10.1. The van der Waals surface area contributed by atoms with Crippen molar-refractivity contribution in [1.82, 2.24) is 0 Å². The Kier molecular flexibility index (Phi) is 33.4. The van der Waals surface area contributed by atoms with Gasteiger partial charge in [-0.05, 0) is 77.0 Å². The van der Waals surface area contributed by atoms with Gasteiger partial charge < -0.3 is 39.9 Å². The molecule has 8 atom stereocenters. The molecule has 13 nitrogen and oxygen atoms in total. The van der Waals surface area contributed by atoms with E-state index in [1.165, 1.54) is 44.9 Å². The fourth-order valence-corrected chi connectivity index (χ4v) is 7.42. The van der Waals surface area contributed by atoms with E-state index in [9.17, 15) is 44.6 Å². The standard InChI is InChI=1S/C46H79O13P/c1-3-5-7-9-11-13-15-17-19-21-23-25-27-29-31-33-35-40(48)58-38(37-57-60(54,55)59-46-44(52)42(50)41(49)43(51)45(46)53)36-56-39(47)34-32-30-28-26-24-22-20-18-16-14-12-10-8-6-4-2/h6,8,12,14,18-21,24,26,38,41-46,49-53H,3-5,7,9-11,13,15-17,22-23,25,27-37H2,1-2H3,(H,54,55)/b8-6-,14-12-,20-18-,21-19-,26-24-/t38-,41?,42-,43?,44?,45?,46?/m1/s1. The lowest BCUT2D eigenvalue weighted by atomic mass is 9.85. The fraction of sp³-hybridized carbons (Fsp3) is 0.739. The van der Waals surface area contributed by atoms with Crippen LogP contribution in [0.5, 0.6) is 0 Å². The van der Waals surface area contributed by atoms with Gasteiger partial charge >= 0.3 is 19.8 Å². The van der Waals surface area contributed by atoms with Crippen molar-refractivity contribution in [2.24, 2.45) is 0 Å². The summed E-state index contributed by atoms with van der Waals surface area (Å²) in [5.41, 5.74) is 0. The van der Waals surface area contributed by atoms with Gasteiger partial charge in [0.25, 0.3) is 0 Å². The Morgan fingerprint density at radius 1 is 0.533 bits per heavy atom. The summed E-state index contributed by atoms with van der Waals surface area (Å²) in [5.74, 6) is -1.16. The Bertz CT molecular complexity index is 1280. The summed E-state index contributed by atoms with van der Waals surface area (Å²) >= 11 is 0. The zero-order valence-corrected chi connectivity index (χ0v) is 37.4. The molecule has 0 saturated heterocycles. The fourth-order valence-electron chi connectivity index (χ4n) is 6.45. The molecule has 0 aromatic rings. The number of allylic oxidation sites excluding steroid dienone is 10. The van der Waals surface area contributed by atoms with E-state index in [1.54, 1.807) is 0 Å². The van der Waals surface area contributed by atoms with Crippen molar-refractivity contribution in [2.45, 2.75) is 204 Å². The van der Waals surface area contributed by atoms with Gasteiger partial charge in [-0.2, -0.15) is 0 Å². The van der Waals surface area contributed by atoms with E-state index in [1.807, 2.05) is 0 Å². The average Bonchev–Trinajstić information content (AvgIpc) is 3.23. The van der Waals surface area contributed by atoms with Crippen molar-refractivity contribution in [3.05, 3.63) is 60.8 Å². The SMILES string of the molecule is CC/C=C\C/C=C\C/C=C\C/C=C\CCCCC(=O)OC[C@H](COP(=O)(O)OC1C(O)C(O)C(O)[C@@H](O)C1O)OC(=O)CCCCCCC/C=C\CCCCCCCCC. The first-order valence-electron chi connectivity index (χ1n) is 22.6. The number of carbonyl (C=O) groups is 2. The highest BCUT2D eigenvalue weighted by atomic mass is 31.2. The lowest BCUT2D eigenvalue weighted by Gasteiger charge is -2.41. The second-order valence-corrected chi connectivity index (χ2v) is 16.9. The van der Waals surface area contributed by atoms with Gasteiger partial charge in [0.15, 0.2) is 6.10 Å². The molecule has 0 radical (unpaired) electrons. The van der Waals surface area contributed by atoms with Gasteiger partial charge in [-0.3, -0.25) is 18.6 Å². The molecule has 6 N–H and O–H groups in total. The van der Waals surface area contributed by atoms with Gasteiger partial charge in [-0.25, -0.2) is 4.57 Å². The van der Waals surface area contributed by atoms with Gasteiger partial charge in [0.05, 0.1) is 6.61 Å². The minimum Gasteiger partial charge on any atom is -0.462 e. The van der Waals surface area contributed by atoms with E-state index in [0.717, 1.165) is 77.0 Å². The lowest BCUT2D eigenvalue weighted by molar-refractivity contribution is -0.220. The van der Waals surface area contributed by atoms with Crippen molar-refractivity contribution >= 4 is 19.8 Å². The Labute approximate surface area is 360 Å². The molecule has 1 aliphatic carbocycles. The van der Waals surface area contributed by atoms with Crippen LogP contribution in [-0.2, 0) is 32.7 Å². The Morgan fingerprint density at radius 2 is 0.950 bits per heavy atom. The molecule has 0 spiro atoms. The summed E-state index contributed by atoms with van der Waals surface area (Å²) in [6.45, 7) is 3.13. The number of phosphoric acid groups is 1. The van der Waals surface area contributed by atoms with Crippen LogP contribution in [-0.4, -0.2) is 98.3 Å². The monoisotopic (exact) mass is 871 g/mol. The van der Waals surface area contributed by atoms with Gasteiger partial charge in [0.1, 0.15) is 43.2 Å². The predicted octanol–water partition coefficient (Wildman–Crippen LogP) is 8.55. The maximum absolute atomic E-state index is 12.8. The van der Waals surface area contributed by atoms with Crippen LogP contribution < -0.4 is 0 Å². The molecule has 1 rings (SSSR count). The second kappa shape index (κ2) is 36.1. The molecule has 1 saturated carbocycles. The number of aliphatic hydroxyl groups is 5.